The van der Waals surface area contributed by atoms with Gasteiger partial charge in [-0.05, 0) is 47.2 Å². The third-order valence-electron chi connectivity index (χ3n) is 4.92. The fraction of sp³-hybridized carbons (Fsp3) is 0.182. The predicted molar refractivity (Wildman–Crippen MR) is 120 cm³/mol. The summed E-state index contributed by atoms with van der Waals surface area (Å²) in [6.07, 6.45) is 1.70. The molecule has 6 nitrogen and oxygen atoms in total. The molecule has 1 aromatic heterocycles. The molecule has 2 aromatic carbocycles. The molecule has 2 heterocycles. The van der Waals surface area contributed by atoms with Crippen molar-refractivity contribution in [2.24, 2.45) is 5.10 Å². The number of carbonyl (C=O) groups excluding carboxylic acids is 1. The molecule has 8 heteroatoms. The van der Waals surface area contributed by atoms with E-state index in [9.17, 15) is 13.2 Å². The van der Waals surface area contributed by atoms with Crippen LogP contribution in [-0.2, 0) is 10.0 Å². The zero-order chi connectivity index (χ0) is 21.3. The highest BCUT2D eigenvalue weighted by Crippen LogP contribution is 2.36. The Kier molecular flexibility index (Phi) is 5.44. The normalized spacial score (nSPS) is 16.4. The van der Waals surface area contributed by atoms with Crippen LogP contribution < -0.4 is 4.72 Å². The Hall–Kier alpha value is -2.97. The number of rotatable bonds is 5. The van der Waals surface area contributed by atoms with Gasteiger partial charge in [-0.2, -0.15) is 5.10 Å². The van der Waals surface area contributed by atoms with Gasteiger partial charge in [0, 0.05) is 12.1 Å². The minimum Gasteiger partial charge on any atom is -0.284 e. The van der Waals surface area contributed by atoms with Gasteiger partial charge in [0.15, 0.2) is 0 Å². The van der Waals surface area contributed by atoms with Crippen molar-refractivity contribution in [2.45, 2.75) is 19.4 Å². The minimum atomic E-state index is -3.34. The molecule has 0 saturated heterocycles. The van der Waals surface area contributed by atoms with E-state index in [0.29, 0.717) is 17.0 Å². The number of thiophene rings is 1. The van der Waals surface area contributed by atoms with Gasteiger partial charge in [-0.1, -0.05) is 42.5 Å². The van der Waals surface area contributed by atoms with Crippen LogP contribution in [0, 0.1) is 6.92 Å². The minimum absolute atomic E-state index is 0.122. The van der Waals surface area contributed by atoms with Crippen molar-refractivity contribution >= 4 is 38.7 Å². The number of hydrogen-bond donors (Lipinski definition) is 1. The van der Waals surface area contributed by atoms with E-state index in [-0.39, 0.29) is 11.9 Å². The van der Waals surface area contributed by atoms with E-state index in [1.54, 1.807) is 23.2 Å². The monoisotopic (exact) mass is 439 g/mol. The number of nitrogens with zero attached hydrogens (tertiary/aromatic N) is 2. The van der Waals surface area contributed by atoms with Crippen LogP contribution in [0.2, 0.25) is 0 Å². The summed E-state index contributed by atoms with van der Waals surface area (Å²) in [7, 11) is -3.34. The highest BCUT2D eigenvalue weighted by molar-refractivity contribution is 7.92. The fourth-order valence-electron chi connectivity index (χ4n) is 3.53. The lowest BCUT2D eigenvalue weighted by Crippen LogP contribution is -2.26. The zero-order valence-corrected chi connectivity index (χ0v) is 18.2. The quantitative estimate of drug-likeness (QED) is 0.639. The van der Waals surface area contributed by atoms with Crippen molar-refractivity contribution in [2.75, 3.05) is 11.0 Å². The number of carbonyl (C=O) groups is 1. The molecule has 1 aliphatic rings. The van der Waals surface area contributed by atoms with Crippen molar-refractivity contribution in [1.29, 1.82) is 0 Å². The van der Waals surface area contributed by atoms with Crippen LogP contribution >= 0.6 is 11.3 Å². The third-order valence-corrected chi connectivity index (χ3v) is 6.38. The number of benzene rings is 2. The maximum atomic E-state index is 13.1. The maximum Gasteiger partial charge on any atom is 0.284 e. The molecule has 1 aliphatic heterocycles. The van der Waals surface area contributed by atoms with Gasteiger partial charge in [-0.15, -0.1) is 11.3 Å². The SMILES string of the molecule is Cc1ccccc1[C@H]1CC(c2ccc(NS(C)(=O)=O)cc2)=NN1C(=O)c1cccs1. The molecular weight excluding hydrogens is 418 g/mol. The second-order valence-corrected chi connectivity index (χ2v) is 9.90. The maximum absolute atomic E-state index is 13.1. The molecular formula is C22H21N3O3S2. The Morgan fingerprint density at radius 3 is 2.47 bits per heavy atom. The predicted octanol–water partition coefficient (Wildman–Crippen LogP) is 4.42. The highest BCUT2D eigenvalue weighted by atomic mass is 32.2. The van der Waals surface area contributed by atoms with Crippen molar-refractivity contribution in [3.63, 3.8) is 0 Å². The van der Waals surface area contributed by atoms with Crippen molar-refractivity contribution in [3.05, 3.63) is 87.6 Å². The molecule has 4 rings (SSSR count). The Balaban J connectivity index is 1.68. The summed E-state index contributed by atoms with van der Waals surface area (Å²) in [4.78, 5) is 13.8. The number of anilines is 1. The third kappa shape index (κ3) is 4.29. The number of sulfonamides is 1. The average Bonchev–Trinajstić information content (AvgIpc) is 3.38. The first-order chi connectivity index (χ1) is 14.3. The van der Waals surface area contributed by atoms with E-state index in [4.69, 9.17) is 0 Å². The lowest BCUT2D eigenvalue weighted by molar-refractivity contribution is 0.0716. The molecule has 0 bridgehead atoms. The van der Waals surface area contributed by atoms with E-state index in [1.807, 2.05) is 54.8 Å². The zero-order valence-electron chi connectivity index (χ0n) is 16.6. The molecule has 0 aliphatic carbocycles. The molecule has 1 atom stereocenters. The molecule has 30 heavy (non-hydrogen) atoms. The van der Waals surface area contributed by atoms with E-state index < -0.39 is 10.0 Å². The number of aryl methyl sites for hydroxylation is 1. The summed E-state index contributed by atoms with van der Waals surface area (Å²) >= 11 is 1.40. The highest BCUT2D eigenvalue weighted by Gasteiger charge is 2.34. The van der Waals surface area contributed by atoms with E-state index >= 15 is 0 Å². The topological polar surface area (TPSA) is 78.8 Å². The first-order valence-electron chi connectivity index (χ1n) is 9.40. The second-order valence-electron chi connectivity index (χ2n) is 7.20. The number of amides is 1. The largest absolute Gasteiger partial charge is 0.284 e. The number of hydrogen-bond acceptors (Lipinski definition) is 5. The second kappa shape index (κ2) is 8.04. The van der Waals surface area contributed by atoms with E-state index in [1.165, 1.54) is 11.3 Å². The van der Waals surface area contributed by atoms with Crippen LogP contribution in [0.1, 0.15) is 38.8 Å². The van der Waals surface area contributed by atoms with Crippen LogP contribution in [0.25, 0.3) is 0 Å². The van der Waals surface area contributed by atoms with Crippen LogP contribution in [-0.4, -0.2) is 31.3 Å². The Morgan fingerprint density at radius 2 is 1.83 bits per heavy atom. The lowest BCUT2D eigenvalue weighted by atomic mass is 9.95. The molecule has 0 fully saturated rings. The molecule has 3 aromatic rings. The van der Waals surface area contributed by atoms with Gasteiger partial charge in [0.05, 0.1) is 22.9 Å². The summed E-state index contributed by atoms with van der Waals surface area (Å²) in [5, 5.41) is 8.14. The molecule has 0 radical (unpaired) electrons. The summed E-state index contributed by atoms with van der Waals surface area (Å²) in [5.41, 5.74) is 4.31. The van der Waals surface area contributed by atoms with Gasteiger partial charge in [-0.25, -0.2) is 13.4 Å². The van der Waals surface area contributed by atoms with Gasteiger partial charge in [0.1, 0.15) is 0 Å². The Labute approximate surface area is 179 Å². The van der Waals surface area contributed by atoms with Crippen molar-refractivity contribution < 1.29 is 13.2 Å². The summed E-state index contributed by atoms with van der Waals surface area (Å²) in [6.45, 7) is 2.03. The summed E-state index contributed by atoms with van der Waals surface area (Å²) < 4.78 is 25.3. The molecule has 0 unspecified atom stereocenters. The first kappa shape index (κ1) is 20.3. The Bertz CT molecular complexity index is 1200. The molecule has 154 valence electrons. The average molecular weight is 440 g/mol. The fourth-order valence-corrected chi connectivity index (χ4v) is 4.75. The van der Waals surface area contributed by atoms with Crippen molar-refractivity contribution in [1.82, 2.24) is 5.01 Å². The van der Waals surface area contributed by atoms with Crippen LogP contribution in [0.15, 0.2) is 71.1 Å². The molecule has 0 spiro atoms. The van der Waals surface area contributed by atoms with Gasteiger partial charge in [0.25, 0.3) is 5.91 Å². The van der Waals surface area contributed by atoms with E-state index in [2.05, 4.69) is 9.82 Å². The number of hydrazone groups is 1. The van der Waals surface area contributed by atoms with Gasteiger partial charge in [0.2, 0.25) is 10.0 Å². The number of nitrogens with one attached hydrogen (secondary N) is 1. The van der Waals surface area contributed by atoms with Crippen molar-refractivity contribution in [3.8, 4) is 0 Å². The van der Waals surface area contributed by atoms with E-state index in [0.717, 1.165) is 28.7 Å². The van der Waals surface area contributed by atoms with Crippen LogP contribution in [0.3, 0.4) is 0 Å². The summed E-state index contributed by atoms with van der Waals surface area (Å²) in [5.74, 6) is -0.122. The lowest BCUT2D eigenvalue weighted by Gasteiger charge is -2.23. The first-order valence-corrected chi connectivity index (χ1v) is 12.2. The molecule has 1 amide bonds. The van der Waals surface area contributed by atoms with Crippen LogP contribution in [0.5, 0.6) is 0 Å². The Morgan fingerprint density at radius 1 is 1.10 bits per heavy atom. The van der Waals surface area contributed by atoms with Gasteiger partial charge < -0.3 is 0 Å². The summed E-state index contributed by atoms with van der Waals surface area (Å²) in [6, 6.07) is 18.5. The molecule has 0 saturated carbocycles. The van der Waals surface area contributed by atoms with Gasteiger partial charge >= 0.3 is 0 Å². The smallest absolute Gasteiger partial charge is 0.284 e. The van der Waals surface area contributed by atoms with Crippen LogP contribution in [0.4, 0.5) is 5.69 Å². The standard InChI is InChI=1S/C22H21N3O3S2/c1-15-6-3-4-7-18(15)20-14-19(23-25(20)22(26)21-8-5-13-29-21)16-9-11-17(12-10-16)24-30(2,27)28/h3-13,20,24H,14H2,1-2H3/t20-/m1/s1. The van der Waals surface area contributed by atoms with Gasteiger partial charge in [-0.3, -0.25) is 9.52 Å². The molecule has 1 N–H and O–H groups in total.